The molecule has 1 aromatic rings. The average molecular weight is 266 g/mol. The van der Waals surface area contributed by atoms with E-state index in [-0.39, 0.29) is 5.91 Å². The number of carbonyl (C=O) groups excluding carboxylic acids is 1. The minimum atomic E-state index is 0.0621. The second-order valence-electron chi connectivity index (χ2n) is 4.52. The van der Waals surface area contributed by atoms with Gasteiger partial charge in [0, 0.05) is 5.69 Å². The maximum absolute atomic E-state index is 11.8. The third kappa shape index (κ3) is 4.70. The molecular weight excluding hydrogens is 244 g/mol. The van der Waals surface area contributed by atoms with Crippen LogP contribution >= 0.6 is 11.8 Å². The molecule has 0 unspecified atom stereocenters. The molecule has 0 atom stereocenters. The summed E-state index contributed by atoms with van der Waals surface area (Å²) in [4.78, 5) is 11.8. The van der Waals surface area contributed by atoms with Gasteiger partial charge >= 0.3 is 0 Å². The molecule has 0 bridgehead atoms. The minimum Gasteiger partial charge on any atom is -0.330 e. The van der Waals surface area contributed by atoms with Crippen LogP contribution in [0.5, 0.6) is 0 Å². The lowest BCUT2D eigenvalue weighted by Gasteiger charge is -2.12. The zero-order valence-corrected chi connectivity index (χ0v) is 12.2. The zero-order valence-electron chi connectivity index (χ0n) is 11.4. The van der Waals surface area contributed by atoms with E-state index in [1.165, 1.54) is 5.56 Å². The first-order valence-corrected chi connectivity index (χ1v) is 7.35. The number of carbonyl (C=O) groups is 1. The zero-order chi connectivity index (χ0) is 13.5. The van der Waals surface area contributed by atoms with Crippen molar-refractivity contribution in [3.05, 3.63) is 28.8 Å². The maximum Gasteiger partial charge on any atom is 0.234 e. The van der Waals surface area contributed by atoms with Crippen LogP contribution in [0, 0.1) is 20.8 Å². The van der Waals surface area contributed by atoms with Gasteiger partial charge in [0.1, 0.15) is 0 Å². The van der Waals surface area contributed by atoms with E-state index in [0.29, 0.717) is 12.3 Å². The summed E-state index contributed by atoms with van der Waals surface area (Å²) in [5, 5.41) is 2.99. The minimum absolute atomic E-state index is 0.0621. The van der Waals surface area contributed by atoms with Crippen molar-refractivity contribution in [1.82, 2.24) is 0 Å². The number of amides is 1. The fourth-order valence-corrected chi connectivity index (χ4v) is 2.68. The van der Waals surface area contributed by atoms with Gasteiger partial charge in [0.15, 0.2) is 0 Å². The number of benzene rings is 1. The van der Waals surface area contributed by atoms with Gasteiger partial charge in [-0.25, -0.2) is 0 Å². The Bertz CT molecular complexity index is 395. The van der Waals surface area contributed by atoms with Gasteiger partial charge < -0.3 is 11.1 Å². The number of hydrogen-bond acceptors (Lipinski definition) is 3. The highest BCUT2D eigenvalue weighted by molar-refractivity contribution is 7.99. The summed E-state index contributed by atoms with van der Waals surface area (Å²) in [7, 11) is 0. The molecule has 3 N–H and O–H groups in total. The molecular formula is C14H22N2OS. The van der Waals surface area contributed by atoms with E-state index in [2.05, 4.69) is 24.4 Å². The maximum atomic E-state index is 11.8. The fourth-order valence-electron chi connectivity index (χ4n) is 1.90. The molecule has 18 heavy (non-hydrogen) atoms. The molecule has 0 heterocycles. The van der Waals surface area contributed by atoms with Gasteiger partial charge in [-0.2, -0.15) is 11.8 Å². The second-order valence-corrected chi connectivity index (χ2v) is 5.62. The van der Waals surface area contributed by atoms with Crippen LogP contribution in [0.4, 0.5) is 5.69 Å². The number of aryl methyl sites for hydroxylation is 3. The summed E-state index contributed by atoms with van der Waals surface area (Å²) in [5.74, 6) is 1.50. The highest BCUT2D eigenvalue weighted by Gasteiger charge is 2.08. The molecule has 0 saturated heterocycles. The molecule has 4 heteroatoms. The van der Waals surface area contributed by atoms with E-state index in [4.69, 9.17) is 5.73 Å². The summed E-state index contributed by atoms with van der Waals surface area (Å²) < 4.78 is 0. The molecule has 0 aromatic heterocycles. The Morgan fingerprint density at radius 3 is 2.44 bits per heavy atom. The molecule has 0 aliphatic carbocycles. The number of anilines is 1. The van der Waals surface area contributed by atoms with E-state index in [1.807, 2.05) is 13.8 Å². The topological polar surface area (TPSA) is 55.1 Å². The standard InChI is InChI=1S/C14H22N2OS/c1-10-7-11(2)14(12(3)8-10)16-13(17)9-18-6-4-5-15/h7-8H,4-6,9,15H2,1-3H3,(H,16,17). The van der Waals surface area contributed by atoms with Gasteiger partial charge in [0.05, 0.1) is 5.75 Å². The van der Waals surface area contributed by atoms with Gasteiger partial charge in [-0.05, 0) is 50.6 Å². The third-order valence-corrected chi connectivity index (χ3v) is 3.71. The van der Waals surface area contributed by atoms with Crippen molar-refractivity contribution >= 4 is 23.4 Å². The van der Waals surface area contributed by atoms with Crippen molar-refractivity contribution in [2.24, 2.45) is 5.73 Å². The number of nitrogens with one attached hydrogen (secondary N) is 1. The highest BCUT2D eigenvalue weighted by atomic mass is 32.2. The van der Waals surface area contributed by atoms with Crippen LogP contribution in [0.15, 0.2) is 12.1 Å². The molecule has 1 rings (SSSR count). The molecule has 0 fully saturated rings. The Hall–Kier alpha value is -1.00. The lowest BCUT2D eigenvalue weighted by Crippen LogP contribution is -2.16. The molecule has 1 aromatic carbocycles. The van der Waals surface area contributed by atoms with Crippen LogP contribution in [-0.4, -0.2) is 24.0 Å². The number of thioether (sulfide) groups is 1. The first kappa shape index (κ1) is 15.1. The molecule has 0 aliphatic heterocycles. The smallest absolute Gasteiger partial charge is 0.234 e. The van der Waals surface area contributed by atoms with Crippen molar-refractivity contribution < 1.29 is 4.79 Å². The number of nitrogens with two attached hydrogens (primary N) is 1. The van der Waals surface area contributed by atoms with E-state index < -0.39 is 0 Å². The molecule has 0 saturated carbocycles. The Labute approximate surface area is 114 Å². The quantitative estimate of drug-likeness (QED) is 0.778. The molecule has 1 amide bonds. The lowest BCUT2D eigenvalue weighted by atomic mass is 10.1. The first-order valence-electron chi connectivity index (χ1n) is 6.20. The summed E-state index contributed by atoms with van der Waals surface area (Å²) >= 11 is 1.63. The van der Waals surface area contributed by atoms with Gasteiger partial charge in [0.25, 0.3) is 0 Å². The van der Waals surface area contributed by atoms with Crippen LogP contribution in [0.2, 0.25) is 0 Å². The van der Waals surface area contributed by atoms with Crippen molar-refractivity contribution in [2.75, 3.05) is 23.4 Å². The third-order valence-electron chi connectivity index (χ3n) is 2.67. The Balaban J connectivity index is 2.54. The molecule has 3 nitrogen and oxygen atoms in total. The largest absolute Gasteiger partial charge is 0.330 e. The summed E-state index contributed by atoms with van der Waals surface area (Å²) in [6.45, 7) is 6.80. The Morgan fingerprint density at radius 2 is 1.89 bits per heavy atom. The molecule has 0 spiro atoms. The van der Waals surface area contributed by atoms with Crippen molar-refractivity contribution in [3.63, 3.8) is 0 Å². The second kappa shape index (κ2) is 7.44. The normalized spacial score (nSPS) is 10.4. The van der Waals surface area contributed by atoms with Gasteiger partial charge in [-0.15, -0.1) is 0 Å². The predicted octanol–water partition coefficient (Wildman–Crippen LogP) is 2.63. The number of rotatable bonds is 6. The monoisotopic (exact) mass is 266 g/mol. The SMILES string of the molecule is Cc1cc(C)c(NC(=O)CSCCCN)c(C)c1. The van der Waals surface area contributed by atoms with Gasteiger partial charge in [-0.3, -0.25) is 4.79 Å². The molecule has 0 aliphatic rings. The predicted molar refractivity (Wildman–Crippen MR) is 80.3 cm³/mol. The van der Waals surface area contributed by atoms with E-state index in [9.17, 15) is 4.79 Å². The van der Waals surface area contributed by atoms with Crippen LogP contribution in [-0.2, 0) is 4.79 Å². The lowest BCUT2D eigenvalue weighted by molar-refractivity contribution is -0.113. The molecule has 100 valence electrons. The number of hydrogen-bond donors (Lipinski definition) is 2. The summed E-state index contributed by atoms with van der Waals surface area (Å²) in [6.07, 6.45) is 0.959. The molecule has 0 radical (unpaired) electrons. The summed E-state index contributed by atoms with van der Waals surface area (Å²) in [5.41, 5.74) is 9.82. The Kier molecular flexibility index (Phi) is 6.22. The summed E-state index contributed by atoms with van der Waals surface area (Å²) in [6, 6.07) is 4.17. The first-order chi connectivity index (χ1) is 8.54. The highest BCUT2D eigenvalue weighted by Crippen LogP contribution is 2.22. The van der Waals surface area contributed by atoms with E-state index in [1.54, 1.807) is 11.8 Å². The van der Waals surface area contributed by atoms with E-state index in [0.717, 1.165) is 29.0 Å². The average Bonchev–Trinajstić information content (AvgIpc) is 2.29. The van der Waals surface area contributed by atoms with Crippen LogP contribution < -0.4 is 11.1 Å². The van der Waals surface area contributed by atoms with Crippen LogP contribution in [0.3, 0.4) is 0 Å². The van der Waals surface area contributed by atoms with Crippen molar-refractivity contribution in [3.8, 4) is 0 Å². The van der Waals surface area contributed by atoms with Crippen LogP contribution in [0.1, 0.15) is 23.1 Å². The van der Waals surface area contributed by atoms with Gasteiger partial charge in [0.2, 0.25) is 5.91 Å². The fraction of sp³-hybridized carbons (Fsp3) is 0.500. The van der Waals surface area contributed by atoms with Crippen LogP contribution in [0.25, 0.3) is 0 Å². The van der Waals surface area contributed by atoms with E-state index >= 15 is 0 Å². The van der Waals surface area contributed by atoms with Crippen molar-refractivity contribution in [2.45, 2.75) is 27.2 Å². The van der Waals surface area contributed by atoms with Crippen molar-refractivity contribution in [1.29, 1.82) is 0 Å². The Morgan fingerprint density at radius 1 is 1.28 bits per heavy atom. The van der Waals surface area contributed by atoms with Gasteiger partial charge in [-0.1, -0.05) is 17.7 Å².